The molecule has 3 heterocycles. The second-order valence-electron chi connectivity index (χ2n) is 7.46. The first kappa shape index (κ1) is 19.8. The molecule has 1 aliphatic heterocycles. The van der Waals surface area contributed by atoms with E-state index >= 15 is 0 Å². The van der Waals surface area contributed by atoms with Crippen LogP contribution in [0.4, 0.5) is 0 Å². The van der Waals surface area contributed by atoms with E-state index in [0.29, 0.717) is 16.4 Å². The lowest BCUT2D eigenvalue weighted by Gasteiger charge is -2.32. The lowest BCUT2D eigenvalue weighted by atomic mass is 9.95. The maximum Gasteiger partial charge on any atom is 0.254 e. The summed E-state index contributed by atoms with van der Waals surface area (Å²) in [5.74, 6) is 1.60. The molecular formula is C20H28N4O2S. The number of aryl methyl sites for hydroxylation is 1. The van der Waals surface area contributed by atoms with Gasteiger partial charge in [-0.05, 0) is 52.9 Å². The Hall–Kier alpha value is -1.99. The molecule has 0 N–H and O–H groups in total. The molecule has 0 atom stereocenters. The number of amides is 1. The zero-order valence-corrected chi connectivity index (χ0v) is 17.2. The number of ketones is 1. The van der Waals surface area contributed by atoms with Crippen LogP contribution >= 0.6 is 11.3 Å². The lowest BCUT2D eigenvalue weighted by molar-refractivity contribution is 0.0711. The molecule has 1 fully saturated rings. The lowest BCUT2D eigenvalue weighted by Crippen LogP contribution is -2.38. The average molecular weight is 389 g/mol. The summed E-state index contributed by atoms with van der Waals surface area (Å²) in [6.07, 6.45) is 6.92. The monoisotopic (exact) mass is 388 g/mol. The quantitative estimate of drug-likeness (QED) is 0.684. The van der Waals surface area contributed by atoms with Crippen LogP contribution in [0.25, 0.3) is 0 Å². The SMILES string of the molecule is CC(=O)c1cc(C(=O)N2CCC(c3nccn3CCCN(C)C)CC2)cs1. The Labute approximate surface area is 164 Å². The molecule has 6 nitrogen and oxygen atoms in total. The zero-order valence-electron chi connectivity index (χ0n) is 16.4. The van der Waals surface area contributed by atoms with E-state index < -0.39 is 0 Å². The second-order valence-corrected chi connectivity index (χ2v) is 8.37. The fourth-order valence-corrected chi connectivity index (χ4v) is 4.37. The molecule has 0 aromatic carbocycles. The van der Waals surface area contributed by atoms with Crippen molar-refractivity contribution in [1.82, 2.24) is 19.4 Å². The number of carbonyl (C=O) groups excluding carboxylic acids is 2. The van der Waals surface area contributed by atoms with Crippen LogP contribution in [-0.2, 0) is 6.54 Å². The number of nitrogens with zero attached hydrogens (tertiary/aromatic N) is 4. The summed E-state index contributed by atoms with van der Waals surface area (Å²) in [5.41, 5.74) is 0.633. The highest BCUT2D eigenvalue weighted by Crippen LogP contribution is 2.28. The predicted molar refractivity (Wildman–Crippen MR) is 108 cm³/mol. The minimum Gasteiger partial charge on any atom is -0.339 e. The van der Waals surface area contributed by atoms with E-state index in [0.717, 1.165) is 51.3 Å². The maximum atomic E-state index is 12.7. The standard InChI is InChI=1S/C20H28N4O2S/c1-15(25)18-13-17(14-27-18)20(26)24-10-5-16(6-11-24)19-21-7-12-23(19)9-4-8-22(2)3/h7,12-14,16H,4-6,8-11H2,1-3H3. The summed E-state index contributed by atoms with van der Waals surface area (Å²) in [6.45, 7) is 5.05. The normalized spacial score (nSPS) is 15.5. The zero-order chi connectivity index (χ0) is 19.4. The number of hydrogen-bond donors (Lipinski definition) is 0. The van der Waals surface area contributed by atoms with Gasteiger partial charge in [-0.3, -0.25) is 9.59 Å². The molecule has 1 aliphatic rings. The first-order chi connectivity index (χ1) is 13.0. The number of carbonyl (C=O) groups is 2. The van der Waals surface area contributed by atoms with Crippen molar-refractivity contribution in [3.8, 4) is 0 Å². The van der Waals surface area contributed by atoms with Crippen molar-refractivity contribution in [2.45, 2.75) is 38.6 Å². The second kappa shape index (κ2) is 8.80. The summed E-state index contributed by atoms with van der Waals surface area (Å²) < 4.78 is 2.27. The Morgan fingerprint density at radius 2 is 2.04 bits per heavy atom. The van der Waals surface area contributed by atoms with Crippen LogP contribution in [0.2, 0.25) is 0 Å². The highest BCUT2D eigenvalue weighted by atomic mass is 32.1. The van der Waals surface area contributed by atoms with Crippen molar-refractivity contribution in [2.75, 3.05) is 33.7 Å². The molecule has 0 bridgehead atoms. The van der Waals surface area contributed by atoms with Gasteiger partial charge in [0.25, 0.3) is 5.91 Å². The van der Waals surface area contributed by atoms with E-state index in [-0.39, 0.29) is 11.7 Å². The number of aromatic nitrogens is 2. The third-order valence-electron chi connectivity index (χ3n) is 5.09. The Kier molecular flexibility index (Phi) is 6.44. The van der Waals surface area contributed by atoms with E-state index in [1.165, 1.54) is 18.3 Å². The number of thiophene rings is 1. The van der Waals surface area contributed by atoms with Crippen molar-refractivity contribution in [3.05, 3.63) is 40.1 Å². The fourth-order valence-electron chi connectivity index (χ4n) is 3.58. The van der Waals surface area contributed by atoms with Crippen molar-refractivity contribution >= 4 is 23.0 Å². The molecule has 3 rings (SSSR count). The van der Waals surface area contributed by atoms with E-state index in [1.807, 2.05) is 11.1 Å². The molecule has 1 amide bonds. The van der Waals surface area contributed by atoms with Gasteiger partial charge in [-0.2, -0.15) is 0 Å². The topological polar surface area (TPSA) is 58.4 Å². The molecule has 0 unspecified atom stereocenters. The summed E-state index contributed by atoms with van der Waals surface area (Å²) in [7, 11) is 4.18. The Bertz CT molecular complexity index is 788. The number of likely N-dealkylation sites (tertiary alicyclic amines) is 1. The molecule has 0 aliphatic carbocycles. The Morgan fingerprint density at radius 3 is 2.67 bits per heavy atom. The molecule has 0 saturated carbocycles. The first-order valence-corrected chi connectivity index (χ1v) is 10.4. The van der Waals surface area contributed by atoms with E-state index in [2.05, 4.69) is 34.7 Å². The molecule has 7 heteroatoms. The largest absolute Gasteiger partial charge is 0.339 e. The fraction of sp³-hybridized carbons (Fsp3) is 0.550. The van der Waals surface area contributed by atoms with Crippen molar-refractivity contribution in [3.63, 3.8) is 0 Å². The van der Waals surface area contributed by atoms with Crippen LogP contribution in [0.5, 0.6) is 0 Å². The number of Topliss-reactive ketones (excluding diaryl/α,β-unsaturated/α-hetero) is 1. The maximum absolute atomic E-state index is 12.7. The minimum absolute atomic E-state index is 0.0128. The average Bonchev–Trinajstić information content (AvgIpc) is 3.31. The number of hydrogen-bond acceptors (Lipinski definition) is 5. The number of piperidine rings is 1. The number of rotatable bonds is 7. The van der Waals surface area contributed by atoms with E-state index in [9.17, 15) is 9.59 Å². The van der Waals surface area contributed by atoms with Crippen LogP contribution in [0.1, 0.15) is 58.0 Å². The van der Waals surface area contributed by atoms with Gasteiger partial charge in [-0.1, -0.05) is 0 Å². The van der Waals surface area contributed by atoms with Crippen molar-refractivity contribution in [2.24, 2.45) is 0 Å². The predicted octanol–water partition coefficient (Wildman–Crippen LogP) is 3.12. The summed E-state index contributed by atoms with van der Waals surface area (Å²) in [4.78, 5) is 33.5. The van der Waals surface area contributed by atoms with E-state index in [1.54, 1.807) is 11.4 Å². The van der Waals surface area contributed by atoms with Gasteiger partial charge in [0, 0.05) is 43.3 Å². The molecule has 0 radical (unpaired) electrons. The molecule has 2 aromatic rings. The van der Waals surface area contributed by atoms with Gasteiger partial charge in [0.1, 0.15) is 5.82 Å². The molecule has 0 spiro atoms. The van der Waals surface area contributed by atoms with Crippen LogP contribution in [0.15, 0.2) is 23.8 Å². The molecule has 1 saturated heterocycles. The third-order valence-corrected chi connectivity index (χ3v) is 6.12. The van der Waals surface area contributed by atoms with Gasteiger partial charge in [0.05, 0.1) is 10.4 Å². The van der Waals surface area contributed by atoms with Gasteiger partial charge in [-0.25, -0.2) is 4.98 Å². The van der Waals surface area contributed by atoms with Gasteiger partial charge < -0.3 is 14.4 Å². The van der Waals surface area contributed by atoms with E-state index in [4.69, 9.17) is 0 Å². The molecule has 27 heavy (non-hydrogen) atoms. The first-order valence-electron chi connectivity index (χ1n) is 9.50. The van der Waals surface area contributed by atoms with Crippen LogP contribution in [0, 0.1) is 0 Å². The molecule has 2 aromatic heterocycles. The van der Waals surface area contributed by atoms with Gasteiger partial charge in [0.15, 0.2) is 5.78 Å². The van der Waals surface area contributed by atoms with Crippen LogP contribution in [-0.4, -0.2) is 64.8 Å². The van der Waals surface area contributed by atoms with Crippen molar-refractivity contribution < 1.29 is 9.59 Å². The molecule has 146 valence electrons. The van der Waals surface area contributed by atoms with Gasteiger partial charge in [-0.15, -0.1) is 11.3 Å². The minimum atomic E-state index is 0.0128. The smallest absolute Gasteiger partial charge is 0.254 e. The van der Waals surface area contributed by atoms with Gasteiger partial charge >= 0.3 is 0 Å². The summed E-state index contributed by atoms with van der Waals surface area (Å²) in [5, 5.41) is 1.79. The third kappa shape index (κ3) is 4.84. The number of imidazole rings is 1. The highest BCUT2D eigenvalue weighted by Gasteiger charge is 2.27. The molecular weight excluding hydrogens is 360 g/mol. The van der Waals surface area contributed by atoms with Crippen molar-refractivity contribution in [1.29, 1.82) is 0 Å². The van der Waals surface area contributed by atoms with Crippen LogP contribution in [0.3, 0.4) is 0 Å². The van der Waals surface area contributed by atoms with Crippen LogP contribution < -0.4 is 0 Å². The highest BCUT2D eigenvalue weighted by molar-refractivity contribution is 7.12. The summed E-state index contributed by atoms with van der Waals surface area (Å²) in [6, 6.07) is 1.72. The van der Waals surface area contributed by atoms with Gasteiger partial charge in [0.2, 0.25) is 0 Å². The Morgan fingerprint density at radius 1 is 1.30 bits per heavy atom. The Balaban J connectivity index is 1.56. The summed E-state index contributed by atoms with van der Waals surface area (Å²) >= 11 is 1.35.